The smallest absolute Gasteiger partial charge is 0.354 e. The van der Waals surface area contributed by atoms with Crippen LogP contribution in [0.15, 0.2) is 54.9 Å². The zero-order valence-electron chi connectivity index (χ0n) is 20.1. The summed E-state index contributed by atoms with van der Waals surface area (Å²) in [6.07, 6.45) is 5.10. The van der Waals surface area contributed by atoms with E-state index in [1.54, 1.807) is 18.3 Å². The van der Waals surface area contributed by atoms with Crippen LogP contribution in [0.3, 0.4) is 0 Å². The molecule has 3 atom stereocenters. The molecule has 0 bridgehead atoms. The van der Waals surface area contributed by atoms with Crippen molar-refractivity contribution >= 4 is 40.5 Å². The van der Waals surface area contributed by atoms with Gasteiger partial charge in [-0.3, -0.25) is 9.20 Å². The molecule has 4 heterocycles. The number of pyridine rings is 1. The quantitative estimate of drug-likeness (QED) is 0.371. The molecule has 6 rings (SSSR count). The monoisotopic (exact) mass is 539 g/mol. The van der Waals surface area contributed by atoms with E-state index in [-0.39, 0.29) is 17.6 Å². The first-order valence-corrected chi connectivity index (χ1v) is 13.2. The maximum atomic E-state index is 13.3. The molecule has 4 aromatic rings. The number of amides is 1. The van der Waals surface area contributed by atoms with Gasteiger partial charge in [0.05, 0.1) is 17.7 Å². The van der Waals surface area contributed by atoms with E-state index in [4.69, 9.17) is 27.2 Å². The fraction of sp³-hybridized carbons (Fsp3) is 0.308. The molecule has 9 nitrogen and oxygen atoms in total. The van der Waals surface area contributed by atoms with Crippen LogP contribution in [0.2, 0.25) is 5.02 Å². The molecule has 3 aromatic heterocycles. The van der Waals surface area contributed by atoms with Crippen LogP contribution in [-0.2, 0) is 0 Å². The van der Waals surface area contributed by atoms with Crippen molar-refractivity contribution in [3.05, 3.63) is 71.3 Å². The van der Waals surface area contributed by atoms with Crippen LogP contribution >= 0.6 is 22.9 Å². The van der Waals surface area contributed by atoms with Crippen molar-refractivity contribution in [1.82, 2.24) is 19.3 Å². The first-order chi connectivity index (χ1) is 17.9. The number of ether oxygens (including phenoxy) is 1. The minimum atomic E-state index is -0.964. The van der Waals surface area contributed by atoms with Crippen molar-refractivity contribution in [2.24, 2.45) is 11.7 Å². The molecule has 1 aliphatic heterocycles. The third-order valence-corrected chi connectivity index (χ3v) is 7.77. The maximum Gasteiger partial charge on any atom is 0.354 e. The van der Waals surface area contributed by atoms with Gasteiger partial charge in [0, 0.05) is 29.8 Å². The van der Waals surface area contributed by atoms with Gasteiger partial charge in [-0.05, 0) is 55.5 Å². The van der Waals surface area contributed by atoms with E-state index in [1.165, 1.54) is 21.9 Å². The molecule has 1 aromatic carbocycles. The number of rotatable bonds is 6. The van der Waals surface area contributed by atoms with Gasteiger partial charge >= 0.3 is 5.97 Å². The number of nitrogens with two attached hydrogens (primary N) is 1. The highest BCUT2D eigenvalue weighted by Crippen LogP contribution is 2.49. The Kier molecular flexibility index (Phi) is 7.14. The predicted molar refractivity (Wildman–Crippen MR) is 141 cm³/mol. The molecule has 192 valence electrons. The average molecular weight is 540 g/mol. The van der Waals surface area contributed by atoms with Crippen molar-refractivity contribution in [3.8, 4) is 15.6 Å². The number of hydrogen-bond donors (Lipinski definition) is 2. The van der Waals surface area contributed by atoms with Gasteiger partial charge in [-0.15, -0.1) is 0 Å². The standard InChI is InChI=1S/C18H20ClN3O2S.C8H6N2O2/c1-2-24-18-21-15(16(25-18)10-4-3-5-12(19)6-10)17(23)22-13(9-20)7-11-8-14(11)22;11-8(12)6-5-9-7-3-1-2-4-10(6)7/h3-6,11,13-14H,2,7-9,20H2,1H3;1-5H,(H,11,12)/t11-,13+,14+;/m1./s1. The SMILES string of the molecule is CCOc1nc(C(=O)N2[C@H](CN)C[C@@H]3C[C@@H]32)c(-c2cccc(Cl)c2)s1.O=C(O)c1cnc2ccccn12. The lowest BCUT2D eigenvalue weighted by Crippen LogP contribution is -2.42. The fourth-order valence-electron chi connectivity index (χ4n) is 4.75. The van der Waals surface area contributed by atoms with Gasteiger partial charge in [-0.1, -0.05) is 41.1 Å². The van der Waals surface area contributed by atoms with Gasteiger partial charge in [-0.25, -0.2) is 9.78 Å². The zero-order chi connectivity index (χ0) is 26.1. The molecular formula is C26H26ClN5O4S. The Hall–Kier alpha value is -3.47. The molecule has 0 spiro atoms. The number of imidazole rings is 1. The van der Waals surface area contributed by atoms with E-state index in [2.05, 4.69) is 9.97 Å². The van der Waals surface area contributed by atoms with Crippen LogP contribution in [0, 0.1) is 5.92 Å². The highest BCUT2D eigenvalue weighted by molar-refractivity contribution is 7.17. The number of hydrogen-bond acceptors (Lipinski definition) is 7. The largest absolute Gasteiger partial charge is 0.477 e. The molecule has 3 N–H and O–H groups in total. The molecule has 2 aliphatic rings. The summed E-state index contributed by atoms with van der Waals surface area (Å²) in [5.41, 5.74) is 8.06. The lowest BCUT2D eigenvalue weighted by atomic mass is 10.1. The number of aromatic carboxylic acids is 1. The number of carbonyl (C=O) groups is 2. The second kappa shape index (κ2) is 10.5. The second-order valence-electron chi connectivity index (χ2n) is 8.88. The van der Waals surface area contributed by atoms with Crippen molar-refractivity contribution in [2.45, 2.75) is 31.8 Å². The summed E-state index contributed by atoms with van der Waals surface area (Å²) in [6, 6.07) is 13.3. The number of carboxylic acid groups (broad SMARTS) is 1. The van der Waals surface area contributed by atoms with Crippen molar-refractivity contribution in [3.63, 3.8) is 0 Å². The van der Waals surface area contributed by atoms with Crippen LogP contribution in [0.25, 0.3) is 16.1 Å². The summed E-state index contributed by atoms with van der Waals surface area (Å²) in [4.78, 5) is 35.1. The zero-order valence-corrected chi connectivity index (χ0v) is 21.7. The van der Waals surface area contributed by atoms with E-state index >= 15 is 0 Å². The molecule has 1 saturated carbocycles. The Bertz CT molecular complexity index is 1450. The van der Waals surface area contributed by atoms with Gasteiger partial charge in [0.2, 0.25) is 0 Å². The Labute approximate surface area is 222 Å². The van der Waals surface area contributed by atoms with Crippen LogP contribution < -0.4 is 10.5 Å². The van der Waals surface area contributed by atoms with E-state index in [0.717, 1.165) is 23.3 Å². The van der Waals surface area contributed by atoms with Gasteiger partial charge in [0.1, 0.15) is 5.65 Å². The summed E-state index contributed by atoms with van der Waals surface area (Å²) in [6.45, 7) is 2.91. The number of carboxylic acids is 1. The number of halogens is 1. The molecule has 1 aliphatic carbocycles. The Balaban J connectivity index is 0.000000195. The van der Waals surface area contributed by atoms with Crippen LogP contribution in [0.1, 0.15) is 40.7 Å². The number of likely N-dealkylation sites (tertiary alicyclic amines) is 1. The van der Waals surface area contributed by atoms with Crippen LogP contribution in [0.4, 0.5) is 0 Å². The summed E-state index contributed by atoms with van der Waals surface area (Å²) >= 11 is 7.52. The molecule has 37 heavy (non-hydrogen) atoms. The fourth-order valence-corrected chi connectivity index (χ4v) is 5.91. The lowest BCUT2D eigenvalue weighted by molar-refractivity contribution is 0.0684. The average Bonchev–Trinajstić information content (AvgIpc) is 3.24. The van der Waals surface area contributed by atoms with E-state index in [0.29, 0.717) is 46.7 Å². The first kappa shape index (κ1) is 25.2. The van der Waals surface area contributed by atoms with Gasteiger partial charge in [0.15, 0.2) is 11.4 Å². The van der Waals surface area contributed by atoms with E-state index < -0.39 is 5.97 Å². The summed E-state index contributed by atoms with van der Waals surface area (Å²) in [5, 5.41) is 9.85. The minimum Gasteiger partial charge on any atom is -0.477 e. The number of piperidine rings is 1. The third-order valence-electron chi connectivity index (χ3n) is 6.52. The number of thiazole rings is 1. The number of aromatic nitrogens is 3. The number of fused-ring (bicyclic) bond motifs is 2. The number of carbonyl (C=O) groups excluding carboxylic acids is 1. The molecule has 0 unspecified atom stereocenters. The summed E-state index contributed by atoms with van der Waals surface area (Å²) < 4.78 is 7.09. The maximum absolute atomic E-state index is 13.3. The lowest BCUT2D eigenvalue weighted by Gasteiger charge is -2.26. The van der Waals surface area contributed by atoms with Gasteiger partial charge in [0.25, 0.3) is 11.1 Å². The topological polar surface area (TPSA) is 123 Å². The van der Waals surface area contributed by atoms with Crippen LogP contribution in [-0.4, -0.2) is 61.5 Å². The molecule has 11 heteroatoms. The minimum absolute atomic E-state index is 0.0439. The molecule has 0 radical (unpaired) electrons. The molecule has 1 saturated heterocycles. The molecule has 2 fully saturated rings. The second-order valence-corrected chi connectivity index (χ2v) is 10.3. The van der Waals surface area contributed by atoms with Crippen molar-refractivity contribution in [2.75, 3.05) is 13.2 Å². The highest BCUT2D eigenvalue weighted by atomic mass is 35.5. The Morgan fingerprint density at radius 3 is 2.81 bits per heavy atom. The summed E-state index contributed by atoms with van der Waals surface area (Å²) in [5.74, 6) is -0.400. The van der Waals surface area contributed by atoms with E-state index in [1.807, 2.05) is 42.2 Å². The van der Waals surface area contributed by atoms with Gasteiger partial charge < -0.3 is 20.5 Å². The number of benzene rings is 1. The van der Waals surface area contributed by atoms with Crippen molar-refractivity contribution < 1.29 is 19.4 Å². The Morgan fingerprint density at radius 1 is 1.24 bits per heavy atom. The first-order valence-electron chi connectivity index (χ1n) is 12.0. The van der Waals surface area contributed by atoms with E-state index in [9.17, 15) is 9.59 Å². The Morgan fingerprint density at radius 2 is 2.08 bits per heavy atom. The van der Waals surface area contributed by atoms with Crippen molar-refractivity contribution in [1.29, 1.82) is 0 Å². The summed E-state index contributed by atoms with van der Waals surface area (Å²) in [7, 11) is 0. The molecule has 1 amide bonds. The predicted octanol–water partition coefficient (Wildman–Crippen LogP) is 4.46. The normalized spacial score (nSPS) is 19.8. The van der Waals surface area contributed by atoms with Gasteiger partial charge in [-0.2, -0.15) is 4.98 Å². The number of nitrogens with zero attached hydrogens (tertiary/aromatic N) is 4. The highest BCUT2D eigenvalue weighted by Gasteiger charge is 2.54. The molecular weight excluding hydrogens is 514 g/mol. The van der Waals surface area contributed by atoms with Crippen LogP contribution in [0.5, 0.6) is 5.19 Å². The third kappa shape index (κ3) is 5.04.